The summed E-state index contributed by atoms with van der Waals surface area (Å²) in [6.45, 7) is 3.59. The van der Waals surface area contributed by atoms with Gasteiger partial charge in [0.15, 0.2) is 5.82 Å². The number of β-amino-alcohol motifs (C(OH)–C–C–N with tert-alkyl or cyclic N) is 1. The van der Waals surface area contributed by atoms with Crippen LogP contribution >= 0.6 is 0 Å². The number of alkyl halides is 1. The van der Waals surface area contributed by atoms with Crippen LogP contribution in [0.1, 0.15) is 35.6 Å². The summed E-state index contributed by atoms with van der Waals surface area (Å²) in [6.07, 6.45) is 5.00. The molecule has 0 spiro atoms. The highest BCUT2D eigenvalue weighted by molar-refractivity contribution is 5.94. The zero-order valence-electron chi connectivity index (χ0n) is 20.7. The predicted octanol–water partition coefficient (Wildman–Crippen LogP) is 2.67. The third-order valence-corrected chi connectivity index (χ3v) is 7.17. The summed E-state index contributed by atoms with van der Waals surface area (Å²) < 4.78 is 14.8. The number of carbonyl (C=O) groups excluding carboxylic acids is 1. The lowest BCUT2D eigenvalue weighted by Gasteiger charge is -2.17. The van der Waals surface area contributed by atoms with Crippen LogP contribution in [0.5, 0.6) is 0 Å². The van der Waals surface area contributed by atoms with E-state index < -0.39 is 12.8 Å². The minimum absolute atomic E-state index is 0.143. The molecule has 194 valence electrons. The second-order valence-electron chi connectivity index (χ2n) is 9.96. The lowest BCUT2D eigenvalue weighted by Crippen LogP contribution is -2.27. The van der Waals surface area contributed by atoms with Crippen molar-refractivity contribution >= 4 is 23.1 Å². The molecule has 1 aromatic carbocycles. The number of hydroxylamine groups is 2. The number of Topliss-reactive ketones (excluding diaryl/α,β-unsaturated/α-hetero) is 1. The van der Waals surface area contributed by atoms with Crippen LogP contribution in [0.15, 0.2) is 36.7 Å². The quantitative estimate of drug-likeness (QED) is 0.452. The van der Waals surface area contributed by atoms with Crippen molar-refractivity contribution in [3.8, 4) is 5.82 Å². The fourth-order valence-electron chi connectivity index (χ4n) is 5.09. The lowest BCUT2D eigenvalue weighted by molar-refractivity contribution is -0.121. The molecule has 0 bridgehead atoms. The highest BCUT2D eigenvalue weighted by Crippen LogP contribution is 2.43. The van der Waals surface area contributed by atoms with E-state index in [2.05, 4.69) is 20.4 Å². The fourth-order valence-corrected chi connectivity index (χ4v) is 5.09. The number of aromatic nitrogens is 4. The monoisotopic (exact) mass is 507 g/mol. The van der Waals surface area contributed by atoms with Crippen molar-refractivity contribution in [3.05, 3.63) is 53.5 Å². The molecule has 0 radical (unpaired) electrons. The maximum Gasteiger partial charge on any atom is 0.229 e. The third kappa shape index (κ3) is 4.94. The van der Waals surface area contributed by atoms with E-state index in [0.29, 0.717) is 38.0 Å². The number of aryl methyl sites for hydroxylation is 1. The average molecular weight is 508 g/mol. The van der Waals surface area contributed by atoms with Crippen molar-refractivity contribution < 1.29 is 19.1 Å². The molecule has 2 unspecified atom stereocenters. The Morgan fingerprint density at radius 2 is 2.14 bits per heavy atom. The Hall–Kier alpha value is -3.41. The molecule has 6 rings (SSSR count). The first-order valence-corrected chi connectivity index (χ1v) is 12.7. The van der Waals surface area contributed by atoms with Crippen LogP contribution in [0, 0.1) is 12.8 Å². The smallest absolute Gasteiger partial charge is 0.229 e. The summed E-state index contributed by atoms with van der Waals surface area (Å²) in [5.74, 6) is 1.18. The highest BCUT2D eigenvalue weighted by Gasteiger charge is 2.40. The van der Waals surface area contributed by atoms with Gasteiger partial charge >= 0.3 is 0 Å². The van der Waals surface area contributed by atoms with Gasteiger partial charge < -0.3 is 15.3 Å². The lowest BCUT2D eigenvalue weighted by atomic mass is 9.94. The summed E-state index contributed by atoms with van der Waals surface area (Å²) in [5, 5.41) is 19.3. The molecule has 37 heavy (non-hydrogen) atoms. The van der Waals surface area contributed by atoms with E-state index in [9.17, 15) is 14.3 Å². The summed E-state index contributed by atoms with van der Waals surface area (Å²) in [5.41, 5.74) is 4.46. The number of fused-ring (bicyclic) bond motifs is 1. The van der Waals surface area contributed by atoms with Crippen LogP contribution in [0.25, 0.3) is 5.82 Å². The van der Waals surface area contributed by atoms with Gasteiger partial charge in [-0.2, -0.15) is 15.1 Å². The Labute approximate surface area is 214 Å². The first-order chi connectivity index (χ1) is 18.0. The van der Waals surface area contributed by atoms with Crippen LogP contribution in [0.4, 0.5) is 21.7 Å². The second-order valence-corrected chi connectivity index (χ2v) is 9.96. The molecular formula is C26H30FN7O3. The number of nitrogens with zero attached hydrogens (tertiary/aromatic N) is 6. The van der Waals surface area contributed by atoms with E-state index in [-0.39, 0.29) is 24.2 Å². The van der Waals surface area contributed by atoms with E-state index >= 15 is 0 Å². The molecule has 11 heteroatoms. The van der Waals surface area contributed by atoms with Crippen LogP contribution in [-0.2, 0) is 16.2 Å². The number of hydrogen-bond donors (Lipinski definition) is 2. The molecule has 10 nitrogen and oxygen atoms in total. The number of aliphatic hydroxyl groups excluding tert-OH is 1. The molecule has 1 aliphatic carbocycles. The maximum atomic E-state index is 13.1. The number of carbonyl (C=O) groups is 1. The topological polar surface area (TPSA) is 109 Å². The number of benzene rings is 1. The van der Waals surface area contributed by atoms with Gasteiger partial charge in [0.2, 0.25) is 5.95 Å². The minimum Gasteiger partial charge on any atom is -0.389 e. The van der Waals surface area contributed by atoms with E-state index in [0.717, 1.165) is 41.0 Å². The van der Waals surface area contributed by atoms with Gasteiger partial charge in [0.05, 0.1) is 37.4 Å². The number of halogens is 1. The van der Waals surface area contributed by atoms with Gasteiger partial charge in [0, 0.05) is 54.4 Å². The van der Waals surface area contributed by atoms with Crippen molar-refractivity contribution in [3.63, 3.8) is 0 Å². The zero-order valence-corrected chi connectivity index (χ0v) is 20.7. The molecule has 4 heterocycles. The summed E-state index contributed by atoms with van der Waals surface area (Å²) in [4.78, 5) is 29.4. The van der Waals surface area contributed by atoms with Gasteiger partial charge in [-0.25, -0.2) is 14.1 Å². The van der Waals surface area contributed by atoms with E-state index in [1.165, 1.54) is 0 Å². The molecule has 0 amide bonds. The SMILES string of the molecule is Cc1nn(-c2ccnc(Nc3ccc4c(c3)C(C(=O)C3CC3)CN4CCF)n2)cc1CN1CC(O)CO1. The van der Waals surface area contributed by atoms with Crippen molar-refractivity contribution in [2.75, 3.05) is 43.1 Å². The summed E-state index contributed by atoms with van der Waals surface area (Å²) >= 11 is 0. The second kappa shape index (κ2) is 9.81. The molecule has 2 fully saturated rings. The van der Waals surface area contributed by atoms with Gasteiger partial charge in [0.25, 0.3) is 0 Å². The van der Waals surface area contributed by atoms with Crippen LogP contribution in [-0.4, -0.2) is 74.7 Å². The van der Waals surface area contributed by atoms with Crippen molar-refractivity contribution in [2.24, 2.45) is 5.92 Å². The number of hydrogen-bond acceptors (Lipinski definition) is 9. The Bertz CT molecular complexity index is 1310. The van der Waals surface area contributed by atoms with Crippen LogP contribution in [0.2, 0.25) is 0 Å². The van der Waals surface area contributed by atoms with E-state index in [1.807, 2.05) is 36.2 Å². The molecule has 2 aliphatic heterocycles. The number of ketones is 1. The third-order valence-electron chi connectivity index (χ3n) is 7.17. The first-order valence-electron chi connectivity index (χ1n) is 12.7. The first kappa shape index (κ1) is 24.0. The minimum atomic E-state index is -0.473. The number of anilines is 3. The highest BCUT2D eigenvalue weighted by atomic mass is 19.1. The fraction of sp³-hybridized carbons (Fsp3) is 0.462. The van der Waals surface area contributed by atoms with Gasteiger partial charge in [0.1, 0.15) is 12.5 Å². The van der Waals surface area contributed by atoms with Gasteiger partial charge in [-0.15, -0.1) is 0 Å². The number of nitrogens with one attached hydrogen (secondary N) is 1. The standard InChI is InChI=1S/C26H30FN7O3/c1-16-18(11-33-13-20(35)15-37-33)12-34(31-16)24-6-8-28-26(30-24)29-19-4-5-23-21(10-19)22(14-32(23)9-7-27)25(36)17-2-3-17/h4-6,8,10,12,17,20,22,35H,2-3,7,9,11,13-15H2,1H3,(H,28,29,30). The molecule has 1 saturated carbocycles. The Balaban J connectivity index is 1.21. The van der Waals surface area contributed by atoms with E-state index in [1.54, 1.807) is 22.0 Å². The van der Waals surface area contributed by atoms with Crippen LogP contribution < -0.4 is 10.2 Å². The largest absolute Gasteiger partial charge is 0.389 e. The molecule has 2 aromatic heterocycles. The van der Waals surface area contributed by atoms with Crippen molar-refractivity contribution in [1.82, 2.24) is 24.8 Å². The zero-order chi connectivity index (χ0) is 25.5. The predicted molar refractivity (Wildman–Crippen MR) is 135 cm³/mol. The molecular weight excluding hydrogens is 477 g/mol. The summed E-state index contributed by atoms with van der Waals surface area (Å²) in [6, 6.07) is 7.59. The normalized spacial score (nSPS) is 21.4. The number of rotatable bonds is 9. The molecule has 2 atom stereocenters. The average Bonchev–Trinajstić information content (AvgIpc) is 3.44. The van der Waals surface area contributed by atoms with Gasteiger partial charge in [-0.05, 0) is 43.5 Å². The van der Waals surface area contributed by atoms with Crippen molar-refractivity contribution in [1.29, 1.82) is 0 Å². The molecule has 1 saturated heterocycles. The maximum absolute atomic E-state index is 13.1. The molecule has 2 N–H and O–H groups in total. The van der Waals surface area contributed by atoms with Gasteiger partial charge in [-0.3, -0.25) is 9.63 Å². The summed E-state index contributed by atoms with van der Waals surface area (Å²) in [7, 11) is 0. The van der Waals surface area contributed by atoms with Gasteiger partial charge in [-0.1, -0.05) is 0 Å². The van der Waals surface area contributed by atoms with Crippen LogP contribution in [0.3, 0.4) is 0 Å². The molecule has 3 aromatic rings. The Morgan fingerprint density at radius 3 is 2.89 bits per heavy atom. The Kier molecular flexibility index (Phi) is 6.35. The van der Waals surface area contributed by atoms with Crippen molar-refractivity contribution in [2.45, 2.75) is 38.3 Å². The van der Waals surface area contributed by atoms with E-state index in [4.69, 9.17) is 4.84 Å². The Morgan fingerprint density at radius 1 is 1.27 bits per heavy atom. The molecule has 3 aliphatic rings. The number of aliphatic hydroxyl groups is 1.